The minimum atomic E-state index is 0.544. The van der Waals surface area contributed by atoms with Gasteiger partial charge in [-0.1, -0.05) is 56.3 Å². The molecule has 2 heterocycles. The molecule has 0 aliphatic rings. The van der Waals surface area contributed by atoms with Crippen molar-refractivity contribution in [2.24, 2.45) is 0 Å². The maximum atomic E-state index is 4.48. The van der Waals surface area contributed by atoms with Crippen molar-refractivity contribution < 1.29 is 0 Å². The Bertz CT molecular complexity index is 1030. The van der Waals surface area contributed by atoms with Gasteiger partial charge in [0.05, 0.1) is 5.52 Å². The molecule has 0 N–H and O–H groups in total. The summed E-state index contributed by atoms with van der Waals surface area (Å²) in [6.07, 6.45) is 5.80. The van der Waals surface area contributed by atoms with Crippen LogP contribution in [-0.2, 0) is 0 Å². The van der Waals surface area contributed by atoms with Gasteiger partial charge in [0, 0.05) is 5.39 Å². The van der Waals surface area contributed by atoms with E-state index in [9.17, 15) is 0 Å². The highest BCUT2D eigenvalue weighted by molar-refractivity contribution is 5.91. The summed E-state index contributed by atoms with van der Waals surface area (Å²) in [5, 5.41) is 9.62. The van der Waals surface area contributed by atoms with Gasteiger partial charge in [-0.05, 0) is 35.3 Å². The van der Waals surface area contributed by atoms with Gasteiger partial charge in [0.2, 0.25) is 0 Å². The molecule has 0 radical (unpaired) electrons. The monoisotopic (exact) mass is 314 g/mol. The molecular formula is C20H18N4. The van der Waals surface area contributed by atoms with Gasteiger partial charge >= 0.3 is 0 Å². The number of fused-ring (bicyclic) bond motifs is 3. The van der Waals surface area contributed by atoms with Crippen molar-refractivity contribution >= 4 is 28.7 Å². The van der Waals surface area contributed by atoms with E-state index in [-0.39, 0.29) is 0 Å². The lowest BCUT2D eigenvalue weighted by Crippen LogP contribution is -1.91. The van der Waals surface area contributed by atoms with Crippen molar-refractivity contribution in [3.63, 3.8) is 0 Å². The quantitative estimate of drug-likeness (QED) is 0.556. The Hall–Kier alpha value is -3.01. The number of nitrogens with zero attached hydrogens (tertiary/aromatic N) is 4. The van der Waals surface area contributed by atoms with Crippen LogP contribution in [0, 0.1) is 0 Å². The van der Waals surface area contributed by atoms with Gasteiger partial charge in [0.1, 0.15) is 6.33 Å². The van der Waals surface area contributed by atoms with Crippen LogP contribution in [-0.4, -0.2) is 19.6 Å². The van der Waals surface area contributed by atoms with E-state index in [2.05, 4.69) is 59.4 Å². The molecule has 0 saturated carbocycles. The summed E-state index contributed by atoms with van der Waals surface area (Å²) in [5.41, 5.74) is 4.24. The maximum absolute atomic E-state index is 4.48. The van der Waals surface area contributed by atoms with Crippen LogP contribution in [0.1, 0.15) is 36.7 Å². The first-order valence-electron chi connectivity index (χ1n) is 8.09. The van der Waals surface area contributed by atoms with E-state index in [1.165, 1.54) is 5.56 Å². The Balaban J connectivity index is 1.70. The zero-order valence-electron chi connectivity index (χ0n) is 13.7. The molecule has 24 heavy (non-hydrogen) atoms. The summed E-state index contributed by atoms with van der Waals surface area (Å²) < 4.78 is 1.92. The Labute approximate surface area is 140 Å². The third kappa shape index (κ3) is 2.56. The second-order valence-electron chi connectivity index (χ2n) is 6.17. The summed E-state index contributed by atoms with van der Waals surface area (Å²) >= 11 is 0. The molecule has 118 valence electrons. The molecule has 2 aromatic heterocycles. The SMILES string of the molecule is CC(C)c1ccc(C=Cc2nnc3c4ccccc4ncn23)cc1. The fourth-order valence-electron chi connectivity index (χ4n) is 2.77. The lowest BCUT2D eigenvalue weighted by atomic mass is 10.0. The second-order valence-corrected chi connectivity index (χ2v) is 6.17. The van der Waals surface area contributed by atoms with E-state index < -0.39 is 0 Å². The van der Waals surface area contributed by atoms with Crippen molar-refractivity contribution in [1.82, 2.24) is 19.6 Å². The first-order chi connectivity index (χ1) is 11.7. The standard InChI is InChI=1S/C20H18N4/c1-14(2)16-10-7-15(8-11-16)9-12-19-22-23-20-17-5-3-4-6-18(17)21-13-24(19)20/h3-14H,1-2H3. The van der Waals surface area contributed by atoms with Crippen LogP contribution in [0.3, 0.4) is 0 Å². The third-order valence-electron chi connectivity index (χ3n) is 4.21. The molecule has 0 fully saturated rings. The van der Waals surface area contributed by atoms with Gasteiger partial charge in [-0.3, -0.25) is 4.40 Å². The number of aromatic nitrogens is 4. The average Bonchev–Trinajstić information content (AvgIpc) is 3.04. The van der Waals surface area contributed by atoms with E-state index in [0.29, 0.717) is 5.92 Å². The van der Waals surface area contributed by atoms with Crippen LogP contribution in [0.2, 0.25) is 0 Å². The fraction of sp³-hybridized carbons (Fsp3) is 0.150. The minimum absolute atomic E-state index is 0.544. The molecule has 4 nitrogen and oxygen atoms in total. The van der Waals surface area contributed by atoms with Crippen LogP contribution < -0.4 is 0 Å². The van der Waals surface area contributed by atoms with E-state index in [1.807, 2.05) is 34.7 Å². The molecule has 4 aromatic rings. The van der Waals surface area contributed by atoms with E-state index in [0.717, 1.165) is 27.9 Å². The van der Waals surface area contributed by atoms with Gasteiger partial charge in [-0.15, -0.1) is 10.2 Å². The predicted octanol–water partition coefficient (Wildman–Crippen LogP) is 4.57. The molecule has 0 atom stereocenters. The normalized spacial score (nSPS) is 12.0. The van der Waals surface area contributed by atoms with Gasteiger partial charge < -0.3 is 0 Å². The first-order valence-corrected chi connectivity index (χ1v) is 8.09. The molecule has 0 amide bonds. The zero-order valence-corrected chi connectivity index (χ0v) is 13.7. The molecular weight excluding hydrogens is 296 g/mol. The maximum Gasteiger partial charge on any atom is 0.171 e. The minimum Gasteiger partial charge on any atom is -0.265 e. The molecule has 2 aromatic carbocycles. The van der Waals surface area contributed by atoms with Gasteiger partial charge in [-0.2, -0.15) is 0 Å². The number of benzene rings is 2. The van der Waals surface area contributed by atoms with Crippen LogP contribution in [0.25, 0.3) is 28.7 Å². The fourth-order valence-corrected chi connectivity index (χ4v) is 2.77. The highest BCUT2D eigenvalue weighted by atomic mass is 15.3. The molecule has 0 saturated heterocycles. The van der Waals surface area contributed by atoms with Crippen molar-refractivity contribution in [3.05, 3.63) is 71.8 Å². The van der Waals surface area contributed by atoms with Gasteiger partial charge in [-0.25, -0.2) is 4.98 Å². The van der Waals surface area contributed by atoms with Crippen molar-refractivity contribution in [2.75, 3.05) is 0 Å². The largest absolute Gasteiger partial charge is 0.265 e. The summed E-state index contributed by atoms with van der Waals surface area (Å²) in [5.74, 6) is 1.32. The Kier molecular flexibility index (Phi) is 3.58. The molecule has 0 aliphatic heterocycles. The Morgan fingerprint density at radius 1 is 0.917 bits per heavy atom. The Morgan fingerprint density at radius 3 is 2.50 bits per heavy atom. The van der Waals surface area contributed by atoms with E-state index >= 15 is 0 Å². The molecule has 4 heteroatoms. The third-order valence-corrected chi connectivity index (χ3v) is 4.21. The number of rotatable bonds is 3. The average molecular weight is 314 g/mol. The molecule has 0 spiro atoms. The molecule has 0 unspecified atom stereocenters. The lowest BCUT2D eigenvalue weighted by molar-refractivity contribution is 0.866. The summed E-state index contributed by atoms with van der Waals surface area (Å²) in [7, 11) is 0. The molecule has 0 bridgehead atoms. The van der Waals surface area contributed by atoms with Gasteiger partial charge in [0.15, 0.2) is 11.5 Å². The highest BCUT2D eigenvalue weighted by Crippen LogP contribution is 2.18. The van der Waals surface area contributed by atoms with Crippen molar-refractivity contribution in [1.29, 1.82) is 0 Å². The molecule has 4 rings (SSSR count). The van der Waals surface area contributed by atoms with Crippen LogP contribution in [0.15, 0.2) is 54.9 Å². The van der Waals surface area contributed by atoms with E-state index in [4.69, 9.17) is 0 Å². The second kappa shape index (κ2) is 5.89. The van der Waals surface area contributed by atoms with Crippen molar-refractivity contribution in [3.8, 4) is 0 Å². The summed E-state index contributed by atoms with van der Waals surface area (Å²) in [4.78, 5) is 4.48. The summed E-state index contributed by atoms with van der Waals surface area (Å²) in [6, 6.07) is 16.6. The Morgan fingerprint density at radius 2 is 1.71 bits per heavy atom. The predicted molar refractivity (Wildman–Crippen MR) is 97.7 cm³/mol. The van der Waals surface area contributed by atoms with Crippen LogP contribution >= 0.6 is 0 Å². The number of hydrogen-bond donors (Lipinski definition) is 0. The lowest BCUT2D eigenvalue weighted by Gasteiger charge is -2.04. The smallest absolute Gasteiger partial charge is 0.171 e. The van der Waals surface area contributed by atoms with Crippen LogP contribution in [0.4, 0.5) is 0 Å². The highest BCUT2D eigenvalue weighted by Gasteiger charge is 2.07. The van der Waals surface area contributed by atoms with Crippen molar-refractivity contribution in [2.45, 2.75) is 19.8 Å². The summed E-state index contributed by atoms with van der Waals surface area (Å²) in [6.45, 7) is 4.40. The van der Waals surface area contributed by atoms with Gasteiger partial charge in [0.25, 0.3) is 0 Å². The number of para-hydroxylation sites is 1. The topological polar surface area (TPSA) is 43.1 Å². The zero-order chi connectivity index (χ0) is 16.5. The first kappa shape index (κ1) is 14.6. The van der Waals surface area contributed by atoms with E-state index in [1.54, 1.807) is 6.33 Å². The van der Waals surface area contributed by atoms with Crippen LogP contribution in [0.5, 0.6) is 0 Å². The number of hydrogen-bond acceptors (Lipinski definition) is 3. The molecule has 0 aliphatic carbocycles.